The van der Waals surface area contributed by atoms with Crippen LogP contribution in [0.25, 0.3) is 0 Å². The van der Waals surface area contributed by atoms with Crippen LogP contribution in [-0.4, -0.2) is 42.6 Å². The summed E-state index contributed by atoms with van der Waals surface area (Å²) in [4.78, 5) is 14.9. The monoisotopic (exact) mass is 320 g/mol. The maximum Gasteiger partial charge on any atom is 0.237 e. The van der Waals surface area contributed by atoms with Crippen LogP contribution >= 0.6 is 0 Å². The summed E-state index contributed by atoms with van der Waals surface area (Å²) < 4.78 is 18.6. The van der Waals surface area contributed by atoms with E-state index in [0.29, 0.717) is 18.2 Å². The third-order valence-electron chi connectivity index (χ3n) is 4.59. The van der Waals surface area contributed by atoms with E-state index in [0.717, 1.165) is 25.9 Å². The lowest BCUT2D eigenvalue weighted by Gasteiger charge is -2.27. The molecule has 1 amide bonds. The number of carbonyl (C=O) groups is 1. The van der Waals surface area contributed by atoms with E-state index >= 15 is 0 Å². The predicted octanol–water partition coefficient (Wildman–Crippen LogP) is 2.58. The fourth-order valence-electron chi connectivity index (χ4n) is 3.25. The molecule has 1 heterocycles. The van der Waals surface area contributed by atoms with Gasteiger partial charge in [-0.25, -0.2) is 4.39 Å². The van der Waals surface area contributed by atoms with Gasteiger partial charge in [-0.05, 0) is 75.9 Å². The molecular weight excluding hydrogens is 295 g/mol. The van der Waals surface area contributed by atoms with E-state index in [1.54, 1.807) is 12.1 Å². The minimum atomic E-state index is -0.281. The van der Waals surface area contributed by atoms with Gasteiger partial charge in [0.1, 0.15) is 17.7 Å². The molecule has 0 spiro atoms. The van der Waals surface area contributed by atoms with Gasteiger partial charge in [-0.15, -0.1) is 0 Å². The molecule has 4 nitrogen and oxygen atoms in total. The van der Waals surface area contributed by atoms with E-state index in [2.05, 4.69) is 10.2 Å². The van der Waals surface area contributed by atoms with Crippen LogP contribution in [0.2, 0.25) is 0 Å². The molecule has 0 radical (unpaired) electrons. The molecule has 3 rings (SSSR count). The van der Waals surface area contributed by atoms with Crippen LogP contribution in [0.1, 0.15) is 32.6 Å². The lowest BCUT2D eigenvalue weighted by atomic mass is 10.1. The molecule has 1 saturated carbocycles. The second-order valence-corrected chi connectivity index (χ2v) is 6.65. The molecular formula is C18H25FN2O2. The molecule has 5 heteroatoms. The zero-order chi connectivity index (χ0) is 16.2. The van der Waals surface area contributed by atoms with Crippen molar-refractivity contribution in [1.29, 1.82) is 0 Å². The summed E-state index contributed by atoms with van der Waals surface area (Å²) in [6.07, 6.45) is 4.57. The smallest absolute Gasteiger partial charge is 0.237 e. The summed E-state index contributed by atoms with van der Waals surface area (Å²) in [7, 11) is 0. The van der Waals surface area contributed by atoms with Gasteiger partial charge in [-0.1, -0.05) is 0 Å². The number of ether oxygens (including phenoxy) is 1. The zero-order valence-electron chi connectivity index (χ0n) is 13.6. The van der Waals surface area contributed by atoms with Crippen LogP contribution < -0.4 is 10.1 Å². The van der Waals surface area contributed by atoms with E-state index in [1.807, 2.05) is 6.92 Å². The molecule has 2 aliphatic rings. The normalized spacial score (nSPS) is 21.0. The maximum atomic E-state index is 12.9. The highest BCUT2D eigenvalue weighted by Crippen LogP contribution is 2.36. The molecule has 1 aliphatic carbocycles. The third-order valence-corrected chi connectivity index (χ3v) is 4.59. The van der Waals surface area contributed by atoms with E-state index in [4.69, 9.17) is 4.74 Å². The maximum absolute atomic E-state index is 12.9. The van der Waals surface area contributed by atoms with Crippen molar-refractivity contribution in [2.45, 2.75) is 44.8 Å². The number of rotatable bonds is 7. The quantitative estimate of drug-likeness (QED) is 0.839. The summed E-state index contributed by atoms with van der Waals surface area (Å²) in [6.45, 7) is 4.45. The van der Waals surface area contributed by atoms with Crippen molar-refractivity contribution in [3.63, 3.8) is 0 Å². The Bertz CT molecular complexity index is 524. The number of benzene rings is 1. The van der Waals surface area contributed by atoms with E-state index in [1.165, 1.54) is 25.0 Å². The van der Waals surface area contributed by atoms with Crippen molar-refractivity contribution in [3.05, 3.63) is 30.1 Å². The van der Waals surface area contributed by atoms with Crippen molar-refractivity contribution in [3.8, 4) is 5.75 Å². The molecule has 1 aliphatic heterocycles. The van der Waals surface area contributed by atoms with Gasteiger partial charge in [0.15, 0.2) is 0 Å². The molecule has 126 valence electrons. The van der Waals surface area contributed by atoms with Gasteiger partial charge >= 0.3 is 0 Å². The molecule has 2 atom stereocenters. The number of likely N-dealkylation sites (tertiary alicyclic amines) is 1. The summed E-state index contributed by atoms with van der Waals surface area (Å²) in [6, 6.07) is 5.99. The van der Waals surface area contributed by atoms with Gasteiger partial charge < -0.3 is 10.1 Å². The van der Waals surface area contributed by atoms with Crippen LogP contribution in [0.15, 0.2) is 24.3 Å². The van der Waals surface area contributed by atoms with Gasteiger partial charge in [0.2, 0.25) is 5.91 Å². The van der Waals surface area contributed by atoms with Gasteiger partial charge in [-0.3, -0.25) is 9.69 Å². The minimum absolute atomic E-state index is 0.0375. The summed E-state index contributed by atoms with van der Waals surface area (Å²) in [5.74, 6) is 0.994. The van der Waals surface area contributed by atoms with Crippen LogP contribution in [0, 0.1) is 11.7 Å². The first-order chi connectivity index (χ1) is 11.1. The topological polar surface area (TPSA) is 41.6 Å². The van der Waals surface area contributed by atoms with Crippen LogP contribution in [0.4, 0.5) is 4.39 Å². The third kappa shape index (κ3) is 4.44. The summed E-state index contributed by atoms with van der Waals surface area (Å²) in [5.41, 5.74) is 0. The van der Waals surface area contributed by atoms with Gasteiger partial charge in [0, 0.05) is 0 Å². The Morgan fingerprint density at radius 1 is 1.30 bits per heavy atom. The number of carbonyl (C=O) groups excluding carboxylic acids is 1. The zero-order valence-corrected chi connectivity index (χ0v) is 13.6. The molecule has 0 bridgehead atoms. The lowest BCUT2D eigenvalue weighted by molar-refractivity contribution is -0.127. The molecule has 0 aromatic heterocycles. The highest BCUT2D eigenvalue weighted by molar-refractivity contribution is 5.82. The molecule has 1 aromatic rings. The number of halogens is 1. The van der Waals surface area contributed by atoms with Crippen LogP contribution in [-0.2, 0) is 4.79 Å². The van der Waals surface area contributed by atoms with E-state index in [-0.39, 0.29) is 23.9 Å². The second-order valence-electron chi connectivity index (χ2n) is 6.65. The molecule has 1 N–H and O–H groups in total. The average Bonchev–Trinajstić information content (AvgIpc) is 3.22. The highest BCUT2D eigenvalue weighted by Gasteiger charge is 2.40. The Kier molecular flexibility index (Phi) is 5.16. The molecule has 23 heavy (non-hydrogen) atoms. The first kappa shape index (κ1) is 16.2. The lowest BCUT2D eigenvalue weighted by Crippen LogP contribution is -2.49. The van der Waals surface area contributed by atoms with E-state index < -0.39 is 0 Å². The van der Waals surface area contributed by atoms with Crippen LogP contribution in [0.3, 0.4) is 0 Å². The number of nitrogens with zero attached hydrogens (tertiary/aromatic N) is 1. The number of hydrogen-bond acceptors (Lipinski definition) is 3. The largest absolute Gasteiger partial charge is 0.489 e. The van der Waals surface area contributed by atoms with Gasteiger partial charge in [0.25, 0.3) is 0 Å². The van der Waals surface area contributed by atoms with Gasteiger partial charge in [-0.2, -0.15) is 0 Å². The Morgan fingerprint density at radius 2 is 1.96 bits per heavy atom. The fraction of sp³-hybridized carbons (Fsp3) is 0.611. The summed E-state index contributed by atoms with van der Waals surface area (Å²) in [5, 5.41) is 3.03. The first-order valence-corrected chi connectivity index (χ1v) is 8.57. The SMILES string of the molecule is CC(CNC(=O)C(C1CC1)N1CCCC1)Oc1ccc(F)cc1. The standard InChI is InChI=1S/C18H25FN2O2/c1-13(23-16-8-6-15(19)7-9-16)12-20-18(22)17(14-4-5-14)21-10-2-3-11-21/h6-9,13-14,17H,2-5,10-12H2,1H3,(H,20,22). The number of hydrogen-bond donors (Lipinski definition) is 1. The summed E-state index contributed by atoms with van der Waals surface area (Å²) >= 11 is 0. The Balaban J connectivity index is 1.48. The molecule has 1 saturated heterocycles. The highest BCUT2D eigenvalue weighted by atomic mass is 19.1. The molecule has 2 fully saturated rings. The Morgan fingerprint density at radius 3 is 2.57 bits per heavy atom. The van der Waals surface area contributed by atoms with Crippen molar-refractivity contribution >= 4 is 5.91 Å². The Hall–Kier alpha value is -1.62. The fourth-order valence-corrected chi connectivity index (χ4v) is 3.25. The van der Waals surface area contributed by atoms with Crippen LogP contribution in [0.5, 0.6) is 5.75 Å². The molecule has 1 aromatic carbocycles. The van der Waals surface area contributed by atoms with Crippen molar-refractivity contribution in [2.75, 3.05) is 19.6 Å². The second kappa shape index (κ2) is 7.30. The van der Waals surface area contributed by atoms with Crippen molar-refractivity contribution in [1.82, 2.24) is 10.2 Å². The van der Waals surface area contributed by atoms with E-state index in [9.17, 15) is 9.18 Å². The van der Waals surface area contributed by atoms with Crippen molar-refractivity contribution in [2.24, 2.45) is 5.92 Å². The molecule has 2 unspecified atom stereocenters. The number of amides is 1. The first-order valence-electron chi connectivity index (χ1n) is 8.57. The predicted molar refractivity (Wildman–Crippen MR) is 86.8 cm³/mol. The van der Waals surface area contributed by atoms with Gasteiger partial charge in [0.05, 0.1) is 12.6 Å². The minimum Gasteiger partial charge on any atom is -0.489 e. The number of nitrogens with one attached hydrogen (secondary N) is 1. The van der Waals surface area contributed by atoms with Crippen molar-refractivity contribution < 1.29 is 13.9 Å². The Labute approximate surface area is 137 Å². The average molecular weight is 320 g/mol.